The number of carbonyl (C=O) groups excluding carboxylic acids is 1. The van der Waals surface area contributed by atoms with Gasteiger partial charge in [0.25, 0.3) is 0 Å². The second-order valence-corrected chi connectivity index (χ2v) is 8.40. The molecule has 31 heavy (non-hydrogen) atoms. The molecule has 2 aromatic carbocycles. The van der Waals surface area contributed by atoms with Crippen LogP contribution in [0.2, 0.25) is 0 Å². The zero-order valence-electron chi connectivity index (χ0n) is 17.0. The van der Waals surface area contributed by atoms with Gasteiger partial charge in [0.1, 0.15) is 11.6 Å². The minimum absolute atomic E-state index is 0.191. The van der Waals surface area contributed by atoms with Crippen LogP contribution in [0.5, 0.6) is 0 Å². The molecule has 0 unspecified atom stereocenters. The molecule has 0 bridgehead atoms. The first-order valence-electron chi connectivity index (χ1n) is 9.70. The van der Waals surface area contributed by atoms with E-state index in [2.05, 4.69) is 20.3 Å². The Morgan fingerprint density at radius 3 is 2.68 bits per heavy atom. The van der Waals surface area contributed by atoms with Gasteiger partial charge in [-0.1, -0.05) is 36.0 Å². The van der Waals surface area contributed by atoms with E-state index < -0.39 is 5.82 Å². The molecule has 158 valence electrons. The summed E-state index contributed by atoms with van der Waals surface area (Å²) in [7, 11) is 0. The van der Waals surface area contributed by atoms with Crippen molar-refractivity contribution >= 4 is 56.5 Å². The predicted octanol–water partition coefficient (Wildman–Crippen LogP) is 5.63. The lowest BCUT2D eigenvalue weighted by atomic mass is 10.2. The molecule has 1 N–H and O–H groups in total. The van der Waals surface area contributed by atoms with E-state index in [9.17, 15) is 9.18 Å². The maximum atomic E-state index is 14.2. The molecule has 0 aliphatic carbocycles. The van der Waals surface area contributed by atoms with E-state index in [1.807, 2.05) is 36.6 Å². The Kier molecular flexibility index (Phi) is 6.43. The third kappa shape index (κ3) is 4.67. The summed E-state index contributed by atoms with van der Waals surface area (Å²) in [5, 5.41) is 7.20. The van der Waals surface area contributed by atoms with Gasteiger partial charge in [-0.3, -0.25) is 9.69 Å². The van der Waals surface area contributed by atoms with Gasteiger partial charge >= 0.3 is 0 Å². The summed E-state index contributed by atoms with van der Waals surface area (Å²) in [6.07, 6.45) is 0. The number of fused-ring (bicyclic) bond motifs is 1. The maximum Gasteiger partial charge on any atom is 0.230 e. The Balaban J connectivity index is 1.56. The third-order valence-corrected chi connectivity index (χ3v) is 6.17. The molecule has 0 saturated heterocycles. The summed E-state index contributed by atoms with van der Waals surface area (Å²) in [5.74, 6) is 0.566. The zero-order valence-corrected chi connectivity index (χ0v) is 18.6. The highest BCUT2D eigenvalue weighted by Gasteiger charge is 2.21. The first kappa shape index (κ1) is 21.2. The minimum atomic E-state index is -0.468. The molecule has 2 heterocycles. The van der Waals surface area contributed by atoms with Crippen molar-refractivity contribution in [2.75, 3.05) is 16.8 Å². The molecule has 0 saturated carbocycles. The van der Waals surface area contributed by atoms with Crippen LogP contribution in [0.25, 0.3) is 10.9 Å². The van der Waals surface area contributed by atoms with Gasteiger partial charge in [-0.15, -0.1) is 11.3 Å². The predicted molar refractivity (Wildman–Crippen MR) is 125 cm³/mol. The average Bonchev–Trinajstić information content (AvgIpc) is 3.22. The van der Waals surface area contributed by atoms with Crippen LogP contribution in [-0.4, -0.2) is 27.4 Å². The topological polar surface area (TPSA) is 71.0 Å². The number of nitrogens with one attached hydrogen (secondary N) is 1. The van der Waals surface area contributed by atoms with E-state index in [-0.39, 0.29) is 11.6 Å². The number of nitrogens with zero attached hydrogens (tertiary/aromatic N) is 4. The van der Waals surface area contributed by atoms with Crippen LogP contribution >= 0.6 is 23.1 Å². The fourth-order valence-electron chi connectivity index (χ4n) is 3.07. The van der Waals surface area contributed by atoms with Crippen molar-refractivity contribution in [3.63, 3.8) is 0 Å². The van der Waals surface area contributed by atoms with Crippen molar-refractivity contribution in [3.05, 3.63) is 65.4 Å². The lowest BCUT2D eigenvalue weighted by Gasteiger charge is -2.18. The van der Waals surface area contributed by atoms with Gasteiger partial charge in [-0.2, -0.15) is 0 Å². The molecule has 1 amide bonds. The normalized spacial score (nSPS) is 10.9. The molecule has 0 spiro atoms. The summed E-state index contributed by atoms with van der Waals surface area (Å²) >= 11 is 2.76. The van der Waals surface area contributed by atoms with Gasteiger partial charge in [0.15, 0.2) is 10.3 Å². The number of thioether (sulfide) groups is 1. The molecule has 0 fully saturated rings. The lowest BCUT2D eigenvalue weighted by Crippen LogP contribution is -2.23. The van der Waals surface area contributed by atoms with Crippen molar-refractivity contribution in [1.82, 2.24) is 15.0 Å². The van der Waals surface area contributed by atoms with Crippen LogP contribution < -0.4 is 10.2 Å². The lowest BCUT2D eigenvalue weighted by molar-refractivity contribution is -0.115. The van der Waals surface area contributed by atoms with Crippen LogP contribution in [0, 0.1) is 5.82 Å². The van der Waals surface area contributed by atoms with Crippen molar-refractivity contribution in [2.45, 2.75) is 24.8 Å². The minimum Gasteiger partial charge on any atom is -0.370 e. The second-order valence-electron chi connectivity index (χ2n) is 6.62. The number of aromatic nitrogens is 3. The van der Waals surface area contributed by atoms with Crippen molar-refractivity contribution in [3.8, 4) is 0 Å². The second kappa shape index (κ2) is 9.40. The smallest absolute Gasteiger partial charge is 0.230 e. The molecule has 0 radical (unpaired) electrons. The van der Waals surface area contributed by atoms with E-state index in [1.54, 1.807) is 18.2 Å². The summed E-state index contributed by atoms with van der Waals surface area (Å²) in [4.78, 5) is 27.3. The van der Waals surface area contributed by atoms with E-state index in [0.29, 0.717) is 16.0 Å². The number of hydrogen-bond acceptors (Lipinski definition) is 7. The van der Waals surface area contributed by atoms with E-state index >= 15 is 0 Å². The molecule has 2 aromatic heterocycles. The molecule has 4 rings (SSSR count). The highest BCUT2D eigenvalue weighted by atomic mass is 32.2. The Bertz CT molecular complexity index is 1230. The zero-order chi connectivity index (χ0) is 21.8. The number of carbonyl (C=O) groups is 1. The molecule has 4 aromatic rings. The van der Waals surface area contributed by atoms with Crippen LogP contribution in [-0.2, 0) is 10.5 Å². The van der Waals surface area contributed by atoms with Crippen LogP contribution in [0.1, 0.15) is 19.5 Å². The largest absolute Gasteiger partial charge is 0.370 e. The molecular formula is C22H20FN5OS2. The summed E-state index contributed by atoms with van der Waals surface area (Å²) in [6, 6.07) is 14.0. The van der Waals surface area contributed by atoms with Crippen molar-refractivity contribution < 1.29 is 9.18 Å². The third-order valence-electron chi connectivity index (χ3n) is 4.42. The number of rotatable bonds is 7. The molecular weight excluding hydrogens is 433 g/mol. The van der Waals surface area contributed by atoms with E-state index in [4.69, 9.17) is 0 Å². The summed E-state index contributed by atoms with van der Waals surface area (Å²) in [5.41, 5.74) is 1.84. The first-order chi connectivity index (χ1) is 15.1. The standard InChI is InChI=1S/C22H20FN5OS2/c1-3-24-20-16-8-4-6-10-18(16)26-21(27-20)30-12-15-13-31-22(25-15)28(14(2)29)19-11-7-5-9-17(19)23/h4-11,13H,3,12H2,1-2H3,(H,24,26,27). The fourth-order valence-corrected chi connectivity index (χ4v) is 4.80. The van der Waals surface area contributed by atoms with E-state index in [0.717, 1.165) is 29.0 Å². The first-order valence-corrected chi connectivity index (χ1v) is 11.6. The molecule has 6 nitrogen and oxygen atoms in total. The Morgan fingerprint density at radius 1 is 1.13 bits per heavy atom. The Labute approximate surface area is 187 Å². The average molecular weight is 454 g/mol. The monoisotopic (exact) mass is 453 g/mol. The molecule has 0 aliphatic rings. The number of anilines is 3. The number of amides is 1. The van der Waals surface area contributed by atoms with Gasteiger partial charge in [-0.05, 0) is 31.2 Å². The quantitative estimate of drug-likeness (QED) is 0.289. The number of hydrogen-bond donors (Lipinski definition) is 1. The molecule has 0 atom stereocenters. The van der Waals surface area contributed by atoms with Crippen LogP contribution in [0.4, 0.5) is 21.0 Å². The molecule has 0 aliphatic heterocycles. The number of halogens is 1. The highest BCUT2D eigenvalue weighted by molar-refractivity contribution is 7.98. The van der Waals surface area contributed by atoms with Gasteiger partial charge in [0.2, 0.25) is 5.91 Å². The Morgan fingerprint density at radius 2 is 1.90 bits per heavy atom. The van der Waals surface area contributed by atoms with Gasteiger partial charge in [-0.25, -0.2) is 19.3 Å². The Hall–Kier alpha value is -3.04. The summed E-state index contributed by atoms with van der Waals surface area (Å²) < 4.78 is 14.2. The molecule has 9 heteroatoms. The van der Waals surface area contributed by atoms with Crippen LogP contribution in [0.3, 0.4) is 0 Å². The van der Waals surface area contributed by atoms with Crippen molar-refractivity contribution in [2.24, 2.45) is 0 Å². The van der Waals surface area contributed by atoms with Gasteiger partial charge in [0, 0.05) is 30.0 Å². The van der Waals surface area contributed by atoms with Gasteiger partial charge in [0.05, 0.1) is 16.9 Å². The maximum absolute atomic E-state index is 14.2. The fraction of sp³-hybridized carbons (Fsp3) is 0.182. The van der Waals surface area contributed by atoms with E-state index in [1.165, 1.54) is 41.0 Å². The van der Waals surface area contributed by atoms with Crippen molar-refractivity contribution in [1.29, 1.82) is 0 Å². The number of benzene rings is 2. The highest BCUT2D eigenvalue weighted by Crippen LogP contribution is 2.32. The van der Waals surface area contributed by atoms with Crippen LogP contribution in [0.15, 0.2) is 59.1 Å². The number of para-hydroxylation sites is 2. The SMILES string of the molecule is CCNc1nc(SCc2csc(N(C(C)=O)c3ccccc3F)n2)nc2ccccc12. The summed E-state index contributed by atoms with van der Waals surface area (Å²) in [6.45, 7) is 4.18. The number of thiazole rings is 1. The van der Waals surface area contributed by atoms with Gasteiger partial charge < -0.3 is 5.32 Å².